The number of nitrogens with one attached hydrogen (secondary N) is 1. The molecular weight excluding hydrogens is 406 g/mol. The number of benzene rings is 2. The Morgan fingerprint density at radius 2 is 2.00 bits per heavy atom. The number of hydrogen-bond acceptors (Lipinski definition) is 4. The fourth-order valence-electron chi connectivity index (χ4n) is 2.50. The highest BCUT2D eigenvalue weighted by Crippen LogP contribution is 2.33. The minimum absolute atomic E-state index is 0.158. The van der Waals surface area contributed by atoms with Gasteiger partial charge in [0.25, 0.3) is 0 Å². The molecule has 2 atom stereocenters. The summed E-state index contributed by atoms with van der Waals surface area (Å²) in [5.41, 5.74) is 0.162. The van der Waals surface area contributed by atoms with E-state index in [0.717, 1.165) is 15.7 Å². The van der Waals surface area contributed by atoms with Crippen LogP contribution < -0.4 is 5.32 Å². The van der Waals surface area contributed by atoms with Crippen LogP contribution in [0.4, 0.5) is 5.69 Å². The Morgan fingerprint density at radius 1 is 1.32 bits per heavy atom. The molecule has 0 amide bonds. The maximum absolute atomic E-state index is 12.1. The molecule has 2 unspecified atom stereocenters. The first-order valence-electron chi connectivity index (χ1n) is 7.99. The molecule has 0 aliphatic carbocycles. The van der Waals surface area contributed by atoms with Crippen molar-refractivity contribution in [3.05, 3.63) is 63.6 Å². The predicted octanol–water partition coefficient (Wildman–Crippen LogP) is 4.96. The summed E-state index contributed by atoms with van der Waals surface area (Å²) >= 11 is 9.47. The van der Waals surface area contributed by atoms with Crippen LogP contribution in [0.2, 0.25) is 5.02 Å². The molecule has 2 aromatic carbocycles. The summed E-state index contributed by atoms with van der Waals surface area (Å²) in [4.78, 5) is 12.1. The highest BCUT2D eigenvalue weighted by atomic mass is 79.9. The number of esters is 1. The topological polar surface area (TPSA) is 58.6 Å². The van der Waals surface area contributed by atoms with E-state index in [9.17, 15) is 9.90 Å². The molecule has 0 saturated heterocycles. The predicted molar refractivity (Wildman–Crippen MR) is 104 cm³/mol. The Kier molecular flexibility index (Phi) is 6.87. The summed E-state index contributed by atoms with van der Waals surface area (Å²) < 4.78 is 5.79. The number of halogens is 2. The molecule has 0 radical (unpaired) electrons. The molecule has 0 spiro atoms. The van der Waals surface area contributed by atoms with E-state index in [-0.39, 0.29) is 19.1 Å². The van der Waals surface area contributed by atoms with Gasteiger partial charge >= 0.3 is 5.97 Å². The van der Waals surface area contributed by atoms with E-state index >= 15 is 0 Å². The molecule has 0 aliphatic heterocycles. The minimum atomic E-state index is -1.61. The van der Waals surface area contributed by atoms with E-state index < -0.39 is 11.6 Å². The Balaban J connectivity index is 2.29. The van der Waals surface area contributed by atoms with Gasteiger partial charge in [0.2, 0.25) is 0 Å². The van der Waals surface area contributed by atoms with Gasteiger partial charge in [0.1, 0.15) is 0 Å². The summed E-state index contributed by atoms with van der Waals surface area (Å²) in [6.45, 7) is 3.41. The lowest BCUT2D eigenvalue weighted by atomic mass is 9.92. The number of anilines is 1. The van der Waals surface area contributed by atoms with E-state index in [0.29, 0.717) is 5.02 Å². The number of carbonyl (C=O) groups is 1. The molecule has 25 heavy (non-hydrogen) atoms. The van der Waals surface area contributed by atoms with Gasteiger partial charge in [-0.1, -0.05) is 41.9 Å². The van der Waals surface area contributed by atoms with Crippen molar-refractivity contribution < 1.29 is 14.6 Å². The third-order valence-corrected chi connectivity index (χ3v) is 4.67. The lowest BCUT2D eigenvalue weighted by Gasteiger charge is -2.28. The van der Waals surface area contributed by atoms with E-state index in [2.05, 4.69) is 21.2 Å². The largest absolute Gasteiger partial charge is 0.464 e. The maximum atomic E-state index is 12.1. The number of rotatable bonds is 7. The first-order chi connectivity index (χ1) is 11.8. The molecule has 134 valence electrons. The second-order valence-electron chi connectivity index (χ2n) is 5.93. The molecule has 2 rings (SSSR count). The van der Waals surface area contributed by atoms with Gasteiger partial charge in [0.15, 0.2) is 5.60 Å². The minimum Gasteiger partial charge on any atom is -0.464 e. The summed E-state index contributed by atoms with van der Waals surface area (Å²) in [6, 6.07) is 14.8. The molecule has 0 aliphatic rings. The van der Waals surface area contributed by atoms with Crippen molar-refractivity contribution in [2.75, 3.05) is 11.9 Å². The van der Waals surface area contributed by atoms with Crippen molar-refractivity contribution in [1.29, 1.82) is 0 Å². The molecule has 4 nitrogen and oxygen atoms in total. The molecule has 0 aromatic heterocycles. The van der Waals surface area contributed by atoms with Crippen LogP contribution in [0.3, 0.4) is 0 Å². The van der Waals surface area contributed by atoms with Crippen LogP contribution in [0, 0.1) is 0 Å². The van der Waals surface area contributed by atoms with Crippen molar-refractivity contribution in [2.45, 2.75) is 31.9 Å². The monoisotopic (exact) mass is 425 g/mol. The molecule has 0 heterocycles. The highest BCUT2D eigenvalue weighted by molar-refractivity contribution is 9.10. The molecule has 0 saturated carbocycles. The third-order valence-electron chi connectivity index (χ3n) is 3.78. The third kappa shape index (κ3) is 5.46. The lowest BCUT2D eigenvalue weighted by Crippen LogP contribution is -2.39. The van der Waals surface area contributed by atoms with E-state index in [4.69, 9.17) is 16.3 Å². The van der Waals surface area contributed by atoms with Crippen LogP contribution in [0.5, 0.6) is 0 Å². The lowest BCUT2D eigenvalue weighted by molar-refractivity contribution is -0.164. The molecule has 2 N–H and O–H groups in total. The Labute approximate surface area is 161 Å². The number of hydrogen-bond donors (Lipinski definition) is 2. The van der Waals surface area contributed by atoms with Gasteiger partial charge in [-0.15, -0.1) is 0 Å². The average Bonchev–Trinajstić information content (AvgIpc) is 2.57. The number of aliphatic hydroxyl groups is 1. The zero-order valence-electron chi connectivity index (χ0n) is 14.1. The summed E-state index contributed by atoms with van der Waals surface area (Å²) in [7, 11) is 0. The second-order valence-corrected chi connectivity index (χ2v) is 7.22. The van der Waals surface area contributed by atoms with Crippen LogP contribution >= 0.6 is 27.5 Å². The van der Waals surface area contributed by atoms with E-state index in [1.165, 1.54) is 6.92 Å². The van der Waals surface area contributed by atoms with Gasteiger partial charge in [-0.2, -0.15) is 0 Å². The Hall–Kier alpha value is -1.56. The van der Waals surface area contributed by atoms with Gasteiger partial charge in [-0.05, 0) is 53.5 Å². The SMILES string of the molecule is CCOC(=O)C(C)(O)CC(Nc1ccc(Cl)cc1Br)c1ccccc1. The fraction of sp³-hybridized carbons (Fsp3) is 0.316. The Morgan fingerprint density at radius 3 is 2.60 bits per heavy atom. The van der Waals surface area contributed by atoms with Crippen LogP contribution in [0.15, 0.2) is 53.0 Å². The first-order valence-corrected chi connectivity index (χ1v) is 9.16. The standard InChI is InChI=1S/C19H21BrClNO3/c1-3-25-18(23)19(2,24)12-17(13-7-5-4-6-8-13)22-16-10-9-14(21)11-15(16)20/h4-11,17,22,24H,3,12H2,1-2H3. The first kappa shape index (κ1) is 19.8. The van der Waals surface area contributed by atoms with Gasteiger partial charge < -0.3 is 15.2 Å². The van der Waals surface area contributed by atoms with Crippen molar-refractivity contribution in [1.82, 2.24) is 0 Å². The van der Waals surface area contributed by atoms with Gasteiger partial charge in [0, 0.05) is 21.6 Å². The number of carbonyl (C=O) groups excluding carboxylic acids is 1. The van der Waals surface area contributed by atoms with Crippen molar-refractivity contribution in [3.63, 3.8) is 0 Å². The molecule has 0 fully saturated rings. The van der Waals surface area contributed by atoms with Crippen molar-refractivity contribution >= 4 is 39.2 Å². The quantitative estimate of drug-likeness (QED) is 0.614. The van der Waals surface area contributed by atoms with E-state index in [1.54, 1.807) is 19.1 Å². The maximum Gasteiger partial charge on any atom is 0.337 e. The fourth-order valence-corrected chi connectivity index (χ4v) is 3.30. The summed E-state index contributed by atoms with van der Waals surface area (Å²) in [5, 5.41) is 14.6. The van der Waals surface area contributed by atoms with Gasteiger partial charge in [-0.3, -0.25) is 0 Å². The summed E-state index contributed by atoms with van der Waals surface area (Å²) in [5.74, 6) is -0.632. The molecule has 0 bridgehead atoms. The number of ether oxygens (including phenoxy) is 1. The van der Waals surface area contributed by atoms with Crippen molar-refractivity contribution in [3.8, 4) is 0 Å². The Bertz CT molecular complexity index is 722. The summed E-state index contributed by atoms with van der Waals surface area (Å²) in [6.07, 6.45) is 0.158. The van der Waals surface area contributed by atoms with Gasteiger partial charge in [0.05, 0.1) is 12.6 Å². The van der Waals surface area contributed by atoms with Gasteiger partial charge in [-0.25, -0.2) is 4.79 Å². The second kappa shape index (κ2) is 8.70. The normalized spacial score (nSPS) is 14.4. The van der Waals surface area contributed by atoms with E-state index in [1.807, 2.05) is 36.4 Å². The molecule has 6 heteroatoms. The molecular formula is C19H21BrClNO3. The zero-order valence-corrected chi connectivity index (χ0v) is 16.5. The zero-order chi connectivity index (χ0) is 18.4. The smallest absolute Gasteiger partial charge is 0.337 e. The van der Waals surface area contributed by atoms with Crippen LogP contribution in [0.1, 0.15) is 31.9 Å². The van der Waals surface area contributed by atoms with Crippen LogP contribution in [-0.2, 0) is 9.53 Å². The van der Waals surface area contributed by atoms with Crippen molar-refractivity contribution in [2.24, 2.45) is 0 Å². The average molecular weight is 427 g/mol. The molecule has 2 aromatic rings. The van der Waals surface area contributed by atoms with Crippen LogP contribution in [-0.4, -0.2) is 23.3 Å². The highest BCUT2D eigenvalue weighted by Gasteiger charge is 2.35. The van der Waals surface area contributed by atoms with Crippen LogP contribution in [0.25, 0.3) is 0 Å².